The first-order chi connectivity index (χ1) is 11.1. The Morgan fingerprint density at radius 3 is 2.52 bits per heavy atom. The molecule has 0 aliphatic carbocycles. The Kier molecular flexibility index (Phi) is 2.88. The molecule has 0 fully saturated rings. The average Bonchev–Trinajstić information content (AvgIpc) is 2.85. The molecule has 1 unspecified atom stereocenters. The predicted octanol–water partition coefficient (Wildman–Crippen LogP) is 3.24. The van der Waals surface area contributed by atoms with Crippen molar-refractivity contribution in [1.29, 1.82) is 0 Å². The zero-order valence-corrected chi connectivity index (χ0v) is 12.8. The minimum Gasteiger partial charge on any atom is -0.450 e. The van der Waals surface area contributed by atoms with Crippen molar-refractivity contribution in [3.05, 3.63) is 80.7 Å². The fourth-order valence-electron chi connectivity index (χ4n) is 3.30. The zero-order valence-electron chi connectivity index (χ0n) is 12.8. The quantitative estimate of drug-likeness (QED) is 0.751. The summed E-state index contributed by atoms with van der Waals surface area (Å²) in [6.07, 6.45) is 0. The summed E-state index contributed by atoms with van der Waals surface area (Å²) in [5, 5.41) is 3.40. The van der Waals surface area contributed by atoms with E-state index in [-0.39, 0.29) is 17.1 Å². The topological polar surface area (TPSA) is 59.3 Å². The molecule has 0 saturated carbocycles. The largest absolute Gasteiger partial charge is 0.450 e. The third-order valence-electron chi connectivity index (χ3n) is 4.28. The standard InChI is InChI=1S/C19H15NO3/c1-10-8-11(2)14-13(9-10)23-18-15(17(14)21)16(20-19(18)22)12-6-4-3-5-7-12/h3-9,16H,1-2H3,(H,20,22). The van der Waals surface area contributed by atoms with Gasteiger partial charge in [-0.05, 0) is 36.6 Å². The van der Waals surface area contributed by atoms with Crippen LogP contribution in [0.3, 0.4) is 0 Å². The van der Waals surface area contributed by atoms with Gasteiger partial charge in [0.2, 0.25) is 5.76 Å². The Bertz CT molecular complexity index is 1000. The SMILES string of the molecule is Cc1cc(C)c2c(=O)c3c(oc2c1)C(=O)NC3c1ccccc1. The highest BCUT2D eigenvalue weighted by Crippen LogP contribution is 2.31. The van der Waals surface area contributed by atoms with E-state index in [0.717, 1.165) is 16.7 Å². The molecule has 4 nitrogen and oxygen atoms in total. The summed E-state index contributed by atoms with van der Waals surface area (Å²) >= 11 is 0. The molecule has 23 heavy (non-hydrogen) atoms. The Morgan fingerprint density at radius 2 is 1.78 bits per heavy atom. The van der Waals surface area contributed by atoms with Crippen LogP contribution in [0.4, 0.5) is 0 Å². The van der Waals surface area contributed by atoms with Crippen molar-refractivity contribution in [3.63, 3.8) is 0 Å². The molecule has 2 heterocycles. The van der Waals surface area contributed by atoms with E-state index in [4.69, 9.17) is 4.42 Å². The number of benzene rings is 2. The smallest absolute Gasteiger partial charge is 0.288 e. The van der Waals surface area contributed by atoms with Crippen molar-refractivity contribution >= 4 is 16.9 Å². The molecule has 114 valence electrons. The van der Waals surface area contributed by atoms with Crippen molar-refractivity contribution in [2.75, 3.05) is 0 Å². The van der Waals surface area contributed by atoms with Gasteiger partial charge >= 0.3 is 0 Å². The summed E-state index contributed by atoms with van der Waals surface area (Å²) in [4.78, 5) is 25.3. The third-order valence-corrected chi connectivity index (χ3v) is 4.28. The van der Waals surface area contributed by atoms with Gasteiger partial charge in [-0.1, -0.05) is 36.4 Å². The lowest BCUT2D eigenvalue weighted by molar-refractivity contribution is 0.0938. The number of aryl methyl sites for hydroxylation is 2. The Balaban J connectivity index is 2.06. The van der Waals surface area contributed by atoms with Crippen LogP contribution in [0.15, 0.2) is 51.7 Å². The summed E-state index contributed by atoms with van der Waals surface area (Å²) in [5.41, 5.74) is 3.47. The molecular formula is C19H15NO3. The number of fused-ring (bicyclic) bond motifs is 2. The van der Waals surface area contributed by atoms with E-state index in [1.54, 1.807) is 6.07 Å². The maximum absolute atomic E-state index is 13.0. The monoisotopic (exact) mass is 305 g/mol. The number of carbonyl (C=O) groups is 1. The van der Waals surface area contributed by atoms with Gasteiger partial charge in [-0.2, -0.15) is 0 Å². The molecule has 0 saturated heterocycles. The molecule has 0 radical (unpaired) electrons. The van der Waals surface area contributed by atoms with Crippen LogP contribution in [-0.4, -0.2) is 5.91 Å². The van der Waals surface area contributed by atoms with E-state index in [0.29, 0.717) is 16.5 Å². The number of hydrogen-bond donors (Lipinski definition) is 1. The summed E-state index contributed by atoms with van der Waals surface area (Å²) < 4.78 is 5.80. The van der Waals surface area contributed by atoms with E-state index >= 15 is 0 Å². The molecule has 1 atom stereocenters. The maximum Gasteiger partial charge on any atom is 0.288 e. The third kappa shape index (κ3) is 1.99. The minimum absolute atomic E-state index is 0.126. The Hall–Kier alpha value is -2.88. The first kappa shape index (κ1) is 13.8. The molecule has 1 aromatic heterocycles. The van der Waals surface area contributed by atoms with Crippen LogP contribution >= 0.6 is 0 Å². The van der Waals surface area contributed by atoms with Gasteiger partial charge in [-0.3, -0.25) is 9.59 Å². The minimum atomic E-state index is -0.458. The van der Waals surface area contributed by atoms with Gasteiger partial charge in [-0.15, -0.1) is 0 Å². The van der Waals surface area contributed by atoms with E-state index in [1.165, 1.54) is 0 Å². The van der Waals surface area contributed by atoms with Gasteiger partial charge in [0.15, 0.2) is 5.43 Å². The summed E-state index contributed by atoms with van der Waals surface area (Å²) in [7, 11) is 0. The lowest BCUT2D eigenvalue weighted by atomic mass is 9.97. The van der Waals surface area contributed by atoms with Crippen LogP contribution in [0.2, 0.25) is 0 Å². The lowest BCUT2D eigenvalue weighted by Gasteiger charge is -2.11. The molecule has 1 N–H and O–H groups in total. The van der Waals surface area contributed by atoms with Gasteiger partial charge in [0, 0.05) is 0 Å². The van der Waals surface area contributed by atoms with Gasteiger partial charge in [0.1, 0.15) is 5.58 Å². The second-order valence-electron chi connectivity index (χ2n) is 5.95. The highest BCUT2D eigenvalue weighted by molar-refractivity contribution is 5.99. The van der Waals surface area contributed by atoms with Gasteiger partial charge < -0.3 is 9.73 Å². The normalized spacial score (nSPS) is 16.4. The van der Waals surface area contributed by atoms with Crippen LogP contribution in [0.1, 0.15) is 38.9 Å². The van der Waals surface area contributed by atoms with Crippen molar-refractivity contribution in [3.8, 4) is 0 Å². The Labute approximate surface area is 132 Å². The van der Waals surface area contributed by atoms with Crippen LogP contribution < -0.4 is 10.7 Å². The van der Waals surface area contributed by atoms with Crippen molar-refractivity contribution in [2.45, 2.75) is 19.9 Å². The molecular weight excluding hydrogens is 290 g/mol. The molecule has 4 rings (SSSR count). The molecule has 2 aromatic carbocycles. The first-order valence-corrected chi connectivity index (χ1v) is 7.50. The van der Waals surface area contributed by atoms with Crippen LogP contribution in [-0.2, 0) is 0 Å². The second kappa shape index (κ2) is 4.81. The van der Waals surface area contributed by atoms with E-state index in [9.17, 15) is 9.59 Å². The zero-order chi connectivity index (χ0) is 16.1. The van der Waals surface area contributed by atoms with Crippen LogP contribution in [0.25, 0.3) is 11.0 Å². The average molecular weight is 305 g/mol. The number of hydrogen-bond acceptors (Lipinski definition) is 3. The van der Waals surface area contributed by atoms with E-state index in [2.05, 4.69) is 5.32 Å². The second-order valence-corrected chi connectivity index (χ2v) is 5.95. The van der Waals surface area contributed by atoms with E-state index in [1.807, 2.05) is 50.2 Å². The number of carbonyl (C=O) groups excluding carboxylic acids is 1. The van der Waals surface area contributed by atoms with Gasteiger partial charge in [-0.25, -0.2) is 0 Å². The summed E-state index contributed by atoms with van der Waals surface area (Å²) in [6.45, 7) is 3.83. The molecule has 3 aromatic rings. The van der Waals surface area contributed by atoms with Gasteiger partial charge in [0.25, 0.3) is 5.91 Å². The molecule has 1 aliphatic rings. The van der Waals surface area contributed by atoms with E-state index < -0.39 is 6.04 Å². The highest BCUT2D eigenvalue weighted by Gasteiger charge is 2.36. The molecule has 4 heteroatoms. The Morgan fingerprint density at radius 1 is 1.04 bits per heavy atom. The molecule has 1 aliphatic heterocycles. The van der Waals surface area contributed by atoms with Crippen molar-refractivity contribution in [2.24, 2.45) is 0 Å². The summed E-state index contributed by atoms with van der Waals surface area (Å²) in [5.74, 6) is -0.214. The fourth-order valence-corrected chi connectivity index (χ4v) is 3.30. The van der Waals surface area contributed by atoms with Crippen LogP contribution in [0, 0.1) is 13.8 Å². The lowest BCUT2D eigenvalue weighted by Crippen LogP contribution is -2.21. The fraction of sp³-hybridized carbons (Fsp3) is 0.158. The molecule has 1 amide bonds. The number of amides is 1. The van der Waals surface area contributed by atoms with Crippen molar-refractivity contribution in [1.82, 2.24) is 5.32 Å². The number of rotatable bonds is 1. The van der Waals surface area contributed by atoms with Gasteiger partial charge in [0.05, 0.1) is 17.0 Å². The maximum atomic E-state index is 13.0. The predicted molar refractivity (Wildman–Crippen MR) is 87.7 cm³/mol. The molecule has 0 spiro atoms. The van der Waals surface area contributed by atoms with Crippen LogP contribution in [0.5, 0.6) is 0 Å². The highest BCUT2D eigenvalue weighted by atomic mass is 16.3. The first-order valence-electron chi connectivity index (χ1n) is 7.50. The molecule has 0 bridgehead atoms. The van der Waals surface area contributed by atoms with Crippen molar-refractivity contribution < 1.29 is 9.21 Å². The summed E-state index contributed by atoms with van der Waals surface area (Å²) in [6, 6.07) is 12.8. The number of nitrogens with one attached hydrogen (secondary N) is 1.